The van der Waals surface area contributed by atoms with E-state index in [1.54, 1.807) is 6.92 Å². The Balaban J connectivity index is 1.62. The number of thioether (sulfide) groups is 1. The van der Waals surface area contributed by atoms with Crippen molar-refractivity contribution in [2.75, 3.05) is 18.1 Å². The molecule has 1 amide bonds. The minimum absolute atomic E-state index is 0.132. The van der Waals surface area contributed by atoms with Crippen molar-refractivity contribution in [3.05, 3.63) is 5.82 Å². The molecule has 0 aromatic carbocycles. The van der Waals surface area contributed by atoms with Gasteiger partial charge in [0, 0.05) is 12.0 Å². The van der Waals surface area contributed by atoms with Crippen molar-refractivity contribution in [2.45, 2.75) is 55.9 Å². The van der Waals surface area contributed by atoms with Gasteiger partial charge in [0.15, 0.2) is 5.82 Å². The summed E-state index contributed by atoms with van der Waals surface area (Å²) in [5.41, 5.74) is 0. The molecule has 2 aliphatic carbocycles. The number of alkyl halides is 3. The Morgan fingerprint density at radius 2 is 2.04 bits per heavy atom. The fraction of sp³-hybridized carbons (Fsp3) is 0.786. The van der Waals surface area contributed by atoms with Crippen LogP contribution in [-0.2, 0) is 4.79 Å². The average molecular weight is 363 g/mol. The summed E-state index contributed by atoms with van der Waals surface area (Å²) in [6.07, 6.45) is -0.638. The van der Waals surface area contributed by atoms with Crippen molar-refractivity contribution in [2.24, 2.45) is 5.92 Å². The van der Waals surface area contributed by atoms with Crippen LogP contribution >= 0.6 is 11.8 Å². The highest BCUT2D eigenvalue weighted by Gasteiger charge is 2.40. The molecule has 0 bridgehead atoms. The molecule has 1 aromatic rings. The van der Waals surface area contributed by atoms with Crippen molar-refractivity contribution >= 4 is 17.7 Å². The van der Waals surface area contributed by atoms with Crippen LogP contribution in [0.3, 0.4) is 0 Å². The zero-order valence-corrected chi connectivity index (χ0v) is 14.1. The van der Waals surface area contributed by atoms with Gasteiger partial charge >= 0.3 is 6.18 Å². The van der Waals surface area contributed by atoms with Crippen LogP contribution in [0.4, 0.5) is 13.2 Å². The zero-order valence-electron chi connectivity index (χ0n) is 13.3. The molecular weight excluding hydrogens is 343 g/mol. The average Bonchev–Trinajstić information content (AvgIpc) is 3.39. The lowest BCUT2D eigenvalue weighted by Crippen LogP contribution is -2.46. The molecule has 2 saturated carbocycles. The number of hydrogen-bond donors (Lipinski definition) is 1. The van der Waals surface area contributed by atoms with Gasteiger partial charge in [-0.3, -0.25) is 4.79 Å². The van der Waals surface area contributed by atoms with Gasteiger partial charge in [-0.25, -0.2) is 4.68 Å². The number of aromatic nitrogens is 3. The van der Waals surface area contributed by atoms with Crippen LogP contribution in [0.5, 0.6) is 0 Å². The molecule has 134 valence electrons. The molecule has 2 fully saturated rings. The minimum Gasteiger partial charge on any atom is -0.336 e. The molecule has 3 rings (SSSR count). The molecule has 0 spiro atoms. The Kier molecular flexibility index (Phi) is 4.67. The summed E-state index contributed by atoms with van der Waals surface area (Å²) in [4.78, 5) is 13.3. The van der Waals surface area contributed by atoms with E-state index in [4.69, 9.17) is 5.84 Å². The van der Waals surface area contributed by atoms with Gasteiger partial charge in [-0.15, -0.1) is 10.2 Å². The fourth-order valence-corrected chi connectivity index (χ4v) is 3.45. The van der Waals surface area contributed by atoms with Crippen molar-refractivity contribution in [3.63, 3.8) is 0 Å². The normalized spacial score (nSPS) is 19.3. The summed E-state index contributed by atoms with van der Waals surface area (Å²) in [6, 6.07) is -0.405. The van der Waals surface area contributed by atoms with E-state index in [2.05, 4.69) is 10.2 Å². The van der Waals surface area contributed by atoms with E-state index in [9.17, 15) is 18.0 Å². The summed E-state index contributed by atoms with van der Waals surface area (Å²) in [5, 5.41) is 8.29. The van der Waals surface area contributed by atoms with Crippen LogP contribution in [0.15, 0.2) is 5.16 Å². The van der Waals surface area contributed by atoms with Crippen LogP contribution in [0.25, 0.3) is 0 Å². The summed E-state index contributed by atoms with van der Waals surface area (Å²) in [5.74, 6) is 6.36. The molecule has 1 heterocycles. The number of halogens is 3. The number of nitrogens with zero attached hydrogens (tertiary/aromatic N) is 4. The van der Waals surface area contributed by atoms with Gasteiger partial charge in [0.1, 0.15) is 6.54 Å². The second-order valence-corrected chi connectivity index (χ2v) is 7.43. The maximum atomic E-state index is 12.8. The molecule has 1 aromatic heterocycles. The Bertz CT molecular complexity index is 612. The first-order valence-corrected chi connectivity index (χ1v) is 8.94. The van der Waals surface area contributed by atoms with Gasteiger partial charge in [-0.05, 0) is 38.5 Å². The molecule has 1 atom stereocenters. The number of hydrogen-bond acceptors (Lipinski definition) is 5. The van der Waals surface area contributed by atoms with Crippen molar-refractivity contribution in [3.8, 4) is 0 Å². The molecular formula is C14H20F3N5OS. The summed E-state index contributed by atoms with van der Waals surface area (Å²) in [7, 11) is 0. The van der Waals surface area contributed by atoms with Crippen LogP contribution in [0.2, 0.25) is 0 Å². The van der Waals surface area contributed by atoms with Crippen molar-refractivity contribution < 1.29 is 18.0 Å². The van der Waals surface area contributed by atoms with E-state index in [0.29, 0.717) is 16.9 Å². The van der Waals surface area contributed by atoms with Gasteiger partial charge in [0.05, 0.1) is 5.75 Å². The summed E-state index contributed by atoms with van der Waals surface area (Å²) < 4.78 is 39.7. The predicted molar refractivity (Wildman–Crippen MR) is 82.8 cm³/mol. The highest BCUT2D eigenvalue weighted by Crippen LogP contribution is 2.39. The maximum absolute atomic E-state index is 12.8. The number of carbonyl (C=O) groups is 1. The topological polar surface area (TPSA) is 77.0 Å². The Labute approximate surface area is 141 Å². The maximum Gasteiger partial charge on any atom is 0.406 e. The lowest BCUT2D eigenvalue weighted by molar-refractivity contribution is -0.164. The highest BCUT2D eigenvalue weighted by molar-refractivity contribution is 7.99. The Hall–Kier alpha value is -1.45. The molecule has 2 N–H and O–H groups in total. The molecule has 0 saturated heterocycles. The van der Waals surface area contributed by atoms with E-state index < -0.39 is 24.7 Å². The van der Waals surface area contributed by atoms with E-state index >= 15 is 0 Å². The third kappa shape index (κ3) is 4.14. The molecule has 2 aliphatic rings. The SMILES string of the molecule is C[C@@H](C1CC1)N(CC(F)(F)F)C(=O)CSc1nnc(C2CC2)n1N. The second-order valence-electron chi connectivity index (χ2n) is 6.49. The molecule has 0 radical (unpaired) electrons. The lowest BCUT2D eigenvalue weighted by atomic mass is 10.2. The number of carbonyl (C=O) groups excluding carboxylic acids is 1. The number of amides is 1. The lowest BCUT2D eigenvalue weighted by Gasteiger charge is -2.30. The molecule has 6 nitrogen and oxygen atoms in total. The third-order valence-corrected chi connectivity index (χ3v) is 5.35. The molecule has 10 heteroatoms. The first-order chi connectivity index (χ1) is 11.3. The predicted octanol–water partition coefficient (Wildman–Crippen LogP) is 2.15. The highest BCUT2D eigenvalue weighted by atomic mass is 32.2. The number of nitrogen functional groups attached to an aromatic ring is 1. The molecule has 0 unspecified atom stereocenters. The second kappa shape index (κ2) is 6.45. The van der Waals surface area contributed by atoms with E-state index in [0.717, 1.165) is 42.3 Å². The van der Waals surface area contributed by atoms with Gasteiger partial charge in [0.2, 0.25) is 11.1 Å². The third-order valence-electron chi connectivity index (χ3n) is 4.42. The Morgan fingerprint density at radius 1 is 1.38 bits per heavy atom. The minimum atomic E-state index is -4.41. The zero-order chi connectivity index (χ0) is 17.5. The Morgan fingerprint density at radius 3 is 2.58 bits per heavy atom. The van der Waals surface area contributed by atoms with Gasteiger partial charge in [-0.1, -0.05) is 11.8 Å². The first kappa shape index (κ1) is 17.4. The quantitative estimate of drug-likeness (QED) is 0.593. The first-order valence-electron chi connectivity index (χ1n) is 7.95. The molecule has 24 heavy (non-hydrogen) atoms. The van der Waals surface area contributed by atoms with Crippen LogP contribution in [0, 0.1) is 5.92 Å². The number of rotatable bonds is 7. The van der Waals surface area contributed by atoms with Crippen LogP contribution < -0.4 is 5.84 Å². The summed E-state index contributed by atoms with van der Waals surface area (Å²) in [6.45, 7) is 0.468. The number of nitrogens with two attached hydrogens (primary N) is 1. The smallest absolute Gasteiger partial charge is 0.336 e. The monoisotopic (exact) mass is 363 g/mol. The van der Waals surface area contributed by atoms with Gasteiger partial charge in [-0.2, -0.15) is 13.2 Å². The van der Waals surface area contributed by atoms with Crippen LogP contribution in [0.1, 0.15) is 44.3 Å². The van der Waals surface area contributed by atoms with Gasteiger partial charge in [0.25, 0.3) is 0 Å². The van der Waals surface area contributed by atoms with E-state index in [1.807, 2.05) is 0 Å². The summed E-state index contributed by atoms with van der Waals surface area (Å²) >= 11 is 1.03. The van der Waals surface area contributed by atoms with Crippen LogP contribution in [-0.4, -0.2) is 50.2 Å². The molecule has 0 aliphatic heterocycles. The van der Waals surface area contributed by atoms with E-state index in [-0.39, 0.29) is 11.7 Å². The standard InChI is InChI=1S/C14H20F3N5OS/c1-8(9-2-3-9)21(7-14(15,16)17)11(23)6-24-13-20-19-12(22(13)18)10-4-5-10/h8-10H,2-7,18H2,1H3/t8-/m0/s1. The fourth-order valence-electron chi connectivity index (χ4n) is 2.70. The van der Waals surface area contributed by atoms with Gasteiger partial charge < -0.3 is 10.7 Å². The largest absolute Gasteiger partial charge is 0.406 e. The van der Waals surface area contributed by atoms with Crippen molar-refractivity contribution in [1.29, 1.82) is 0 Å². The van der Waals surface area contributed by atoms with Crippen molar-refractivity contribution in [1.82, 2.24) is 19.8 Å². The van der Waals surface area contributed by atoms with E-state index in [1.165, 1.54) is 4.68 Å².